The maximum absolute atomic E-state index is 11.5. The van der Waals surface area contributed by atoms with Gasteiger partial charge in [0.25, 0.3) is 0 Å². The second-order valence-corrected chi connectivity index (χ2v) is 3.90. The molecule has 1 amide bonds. The van der Waals surface area contributed by atoms with E-state index in [1.165, 1.54) is 0 Å². The first kappa shape index (κ1) is 14.4. The van der Waals surface area contributed by atoms with E-state index in [0.717, 1.165) is 11.1 Å². The maximum Gasteiger partial charge on any atom is 0.234 e. The van der Waals surface area contributed by atoms with Gasteiger partial charge in [0.2, 0.25) is 5.91 Å². The van der Waals surface area contributed by atoms with Gasteiger partial charge < -0.3 is 15.4 Å². The van der Waals surface area contributed by atoms with Crippen LogP contribution in [0.15, 0.2) is 36.9 Å². The summed E-state index contributed by atoms with van der Waals surface area (Å²) >= 11 is 0. The van der Waals surface area contributed by atoms with E-state index >= 15 is 0 Å². The molecule has 1 rings (SSSR count). The maximum atomic E-state index is 11.5. The van der Waals surface area contributed by atoms with Gasteiger partial charge >= 0.3 is 0 Å². The van der Waals surface area contributed by atoms with Crippen LogP contribution < -0.4 is 10.6 Å². The molecule has 0 aliphatic rings. The van der Waals surface area contributed by atoms with Gasteiger partial charge in [-0.25, -0.2) is 0 Å². The number of nitrogens with one attached hydrogen (secondary N) is 2. The molecule has 4 nitrogen and oxygen atoms in total. The van der Waals surface area contributed by atoms with Crippen molar-refractivity contribution in [2.24, 2.45) is 0 Å². The van der Waals surface area contributed by atoms with Gasteiger partial charge in [0, 0.05) is 20.2 Å². The molecule has 18 heavy (non-hydrogen) atoms. The fourth-order valence-corrected chi connectivity index (χ4v) is 1.57. The van der Waals surface area contributed by atoms with Crippen molar-refractivity contribution in [3.63, 3.8) is 0 Å². The highest BCUT2D eigenvalue weighted by Gasteiger charge is 2.03. The average molecular weight is 248 g/mol. The zero-order valence-corrected chi connectivity index (χ0v) is 10.7. The van der Waals surface area contributed by atoms with Crippen molar-refractivity contribution in [2.45, 2.75) is 13.2 Å². The van der Waals surface area contributed by atoms with E-state index in [1.807, 2.05) is 24.3 Å². The van der Waals surface area contributed by atoms with Crippen molar-refractivity contribution in [1.82, 2.24) is 10.6 Å². The lowest BCUT2D eigenvalue weighted by atomic mass is 10.1. The molecule has 0 fully saturated rings. The third-order valence-electron chi connectivity index (χ3n) is 2.47. The highest BCUT2D eigenvalue weighted by Crippen LogP contribution is 2.09. The first-order chi connectivity index (χ1) is 8.77. The molecular weight excluding hydrogens is 228 g/mol. The molecule has 2 N–H and O–H groups in total. The van der Waals surface area contributed by atoms with Gasteiger partial charge in [-0.1, -0.05) is 30.3 Å². The van der Waals surface area contributed by atoms with Crippen LogP contribution in [0.25, 0.3) is 0 Å². The number of hydrogen-bond donors (Lipinski definition) is 2. The van der Waals surface area contributed by atoms with Crippen LogP contribution in [0.1, 0.15) is 11.1 Å². The summed E-state index contributed by atoms with van der Waals surface area (Å²) in [5.41, 5.74) is 2.18. The quantitative estimate of drug-likeness (QED) is 0.537. The van der Waals surface area contributed by atoms with E-state index < -0.39 is 0 Å². The Bertz CT molecular complexity index is 391. The number of ether oxygens (including phenoxy) is 1. The lowest BCUT2D eigenvalue weighted by Gasteiger charge is -2.10. The second-order valence-electron chi connectivity index (χ2n) is 3.90. The van der Waals surface area contributed by atoms with E-state index in [9.17, 15) is 4.79 Å². The number of benzene rings is 1. The first-order valence-electron chi connectivity index (χ1n) is 5.92. The molecule has 0 atom stereocenters. The largest absolute Gasteiger partial charge is 0.380 e. The molecule has 0 bridgehead atoms. The van der Waals surface area contributed by atoms with E-state index in [4.69, 9.17) is 4.74 Å². The fourth-order valence-electron chi connectivity index (χ4n) is 1.57. The van der Waals surface area contributed by atoms with Crippen LogP contribution in [-0.4, -0.2) is 26.1 Å². The van der Waals surface area contributed by atoms with Crippen LogP contribution >= 0.6 is 0 Å². The molecule has 0 aromatic heterocycles. The molecule has 1 aromatic rings. The second kappa shape index (κ2) is 8.44. The average Bonchev–Trinajstić information content (AvgIpc) is 2.38. The molecule has 0 saturated heterocycles. The minimum atomic E-state index is -0.0240. The molecule has 98 valence electrons. The van der Waals surface area contributed by atoms with Crippen LogP contribution in [0.2, 0.25) is 0 Å². The highest BCUT2D eigenvalue weighted by molar-refractivity contribution is 5.78. The van der Waals surface area contributed by atoms with Crippen LogP contribution in [0, 0.1) is 0 Å². The van der Waals surface area contributed by atoms with Crippen LogP contribution in [-0.2, 0) is 22.7 Å². The number of carbonyl (C=O) groups excluding carboxylic acids is 1. The van der Waals surface area contributed by atoms with Crippen molar-refractivity contribution < 1.29 is 9.53 Å². The number of hydrogen-bond acceptors (Lipinski definition) is 3. The molecule has 0 unspecified atom stereocenters. The summed E-state index contributed by atoms with van der Waals surface area (Å²) in [5, 5.41) is 5.82. The smallest absolute Gasteiger partial charge is 0.234 e. The Morgan fingerprint density at radius 3 is 2.78 bits per heavy atom. The molecule has 0 spiro atoms. The summed E-state index contributed by atoms with van der Waals surface area (Å²) in [6, 6.07) is 7.91. The molecule has 0 aliphatic carbocycles. The molecule has 1 aromatic carbocycles. The Balaban J connectivity index is 2.42. The predicted octanol–water partition coefficient (Wildman–Crippen LogP) is 1.22. The Labute approximate surface area is 108 Å². The summed E-state index contributed by atoms with van der Waals surface area (Å²) in [6.45, 7) is 5.59. The van der Waals surface area contributed by atoms with Gasteiger partial charge in [-0.05, 0) is 11.1 Å². The fraction of sp³-hybridized carbons (Fsp3) is 0.357. The zero-order valence-electron chi connectivity index (χ0n) is 10.7. The van der Waals surface area contributed by atoms with Crippen molar-refractivity contribution in [3.05, 3.63) is 48.0 Å². The molecule has 0 aliphatic heterocycles. The first-order valence-corrected chi connectivity index (χ1v) is 5.92. The summed E-state index contributed by atoms with van der Waals surface area (Å²) in [5.74, 6) is -0.0240. The lowest BCUT2D eigenvalue weighted by Crippen LogP contribution is -2.33. The summed E-state index contributed by atoms with van der Waals surface area (Å²) in [4.78, 5) is 11.5. The van der Waals surface area contributed by atoms with Crippen molar-refractivity contribution in [3.8, 4) is 0 Å². The number of methoxy groups -OCH3 is 1. The van der Waals surface area contributed by atoms with Crippen LogP contribution in [0.4, 0.5) is 0 Å². The van der Waals surface area contributed by atoms with Crippen molar-refractivity contribution in [1.29, 1.82) is 0 Å². The van der Waals surface area contributed by atoms with E-state index in [1.54, 1.807) is 13.2 Å². The third kappa shape index (κ3) is 5.12. The van der Waals surface area contributed by atoms with Gasteiger partial charge in [-0.3, -0.25) is 4.79 Å². The Morgan fingerprint density at radius 2 is 2.11 bits per heavy atom. The molecular formula is C14H20N2O2. The zero-order chi connectivity index (χ0) is 13.2. The highest BCUT2D eigenvalue weighted by atomic mass is 16.5. The number of amides is 1. The number of rotatable bonds is 8. The van der Waals surface area contributed by atoms with Crippen LogP contribution in [0.3, 0.4) is 0 Å². The van der Waals surface area contributed by atoms with Gasteiger partial charge in [0.1, 0.15) is 0 Å². The predicted molar refractivity (Wildman–Crippen MR) is 72.1 cm³/mol. The third-order valence-corrected chi connectivity index (χ3v) is 2.47. The summed E-state index contributed by atoms with van der Waals surface area (Å²) < 4.78 is 5.12. The Kier molecular flexibility index (Phi) is 6.76. The van der Waals surface area contributed by atoms with Gasteiger partial charge in [-0.15, -0.1) is 6.58 Å². The van der Waals surface area contributed by atoms with Gasteiger partial charge in [0.05, 0.1) is 13.2 Å². The molecule has 0 radical (unpaired) electrons. The summed E-state index contributed by atoms with van der Waals surface area (Å²) in [6.07, 6.45) is 1.72. The SMILES string of the molecule is C=CCNCC(=O)NCc1ccccc1COC. The van der Waals surface area contributed by atoms with Gasteiger partial charge in [0.15, 0.2) is 0 Å². The molecule has 0 saturated carbocycles. The van der Waals surface area contributed by atoms with Gasteiger partial charge in [-0.2, -0.15) is 0 Å². The van der Waals surface area contributed by atoms with Crippen LogP contribution in [0.5, 0.6) is 0 Å². The van der Waals surface area contributed by atoms with E-state index in [0.29, 0.717) is 26.2 Å². The monoisotopic (exact) mass is 248 g/mol. The Hall–Kier alpha value is -1.65. The van der Waals surface area contributed by atoms with E-state index in [-0.39, 0.29) is 5.91 Å². The normalized spacial score (nSPS) is 10.1. The van der Waals surface area contributed by atoms with Crippen molar-refractivity contribution in [2.75, 3.05) is 20.2 Å². The number of carbonyl (C=O) groups is 1. The minimum Gasteiger partial charge on any atom is -0.380 e. The Morgan fingerprint density at radius 1 is 1.39 bits per heavy atom. The standard InChI is InChI=1S/C14H20N2O2/c1-3-8-15-10-14(17)16-9-12-6-4-5-7-13(12)11-18-2/h3-7,15H,1,8-11H2,2H3,(H,16,17). The summed E-state index contributed by atoms with van der Waals surface area (Å²) in [7, 11) is 1.66. The van der Waals surface area contributed by atoms with E-state index in [2.05, 4.69) is 17.2 Å². The topological polar surface area (TPSA) is 50.4 Å². The molecule has 0 heterocycles. The minimum absolute atomic E-state index is 0.0240. The molecule has 4 heteroatoms. The van der Waals surface area contributed by atoms with Crippen molar-refractivity contribution >= 4 is 5.91 Å². The lowest BCUT2D eigenvalue weighted by molar-refractivity contribution is -0.120.